The molecule has 0 bridgehead atoms. The summed E-state index contributed by atoms with van der Waals surface area (Å²) in [6, 6.07) is 0. The number of nitrogens with zero attached hydrogens (tertiary/aromatic N) is 4. The lowest BCUT2D eigenvalue weighted by Gasteiger charge is -2.33. The fourth-order valence-electron chi connectivity index (χ4n) is 3.11. The van der Waals surface area contributed by atoms with E-state index in [4.69, 9.17) is 0 Å². The molecule has 2 aliphatic heterocycles. The molecule has 2 unspecified atom stereocenters. The van der Waals surface area contributed by atoms with Crippen molar-refractivity contribution in [2.75, 3.05) is 30.3 Å². The van der Waals surface area contributed by atoms with Gasteiger partial charge in [-0.25, -0.2) is 22.7 Å². The number of amides is 1. The Hall–Kier alpha value is -1.54. The Morgan fingerprint density at radius 3 is 2.67 bits per heavy atom. The Labute approximate surface area is 124 Å². The van der Waals surface area contributed by atoms with Gasteiger partial charge in [-0.15, -0.1) is 0 Å². The first kappa shape index (κ1) is 14.4. The van der Waals surface area contributed by atoms with Gasteiger partial charge in [0.15, 0.2) is 0 Å². The maximum atomic E-state index is 12.6. The lowest BCUT2D eigenvalue weighted by atomic mass is 9.88. The minimum Gasteiger partial charge on any atom is -0.309 e. The van der Waals surface area contributed by atoms with Crippen LogP contribution in [0.25, 0.3) is 0 Å². The van der Waals surface area contributed by atoms with Gasteiger partial charge in [-0.2, -0.15) is 0 Å². The summed E-state index contributed by atoms with van der Waals surface area (Å²) in [6.45, 7) is 2.98. The van der Waals surface area contributed by atoms with E-state index in [-0.39, 0.29) is 23.5 Å². The van der Waals surface area contributed by atoms with Crippen molar-refractivity contribution < 1.29 is 13.2 Å². The van der Waals surface area contributed by atoms with Crippen molar-refractivity contribution in [2.45, 2.75) is 13.3 Å². The smallest absolute Gasteiger partial charge is 0.231 e. The standard InChI is InChI=1S/C13H18N4O3S/c1-2-21(19,20)16-7-10-3-4-17(13(18)12(10)8-16)11-5-14-9-15-6-11/h5-6,9-10,12H,2-4,7-8H2,1H3. The molecule has 0 aliphatic carbocycles. The Kier molecular flexibility index (Phi) is 3.66. The van der Waals surface area contributed by atoms with Crippen LogP contribution in [0, 0.1) is 11.8 Å². The number of aromatic nitrogens is 2. The summed E-state index contributed by atoms with van der Waals surface area (Å²) < 4.78 is 25.4. The minimum absolute atomic E-state index is 0.0187. The van der Waals surface area contributed by atoms with Crippen molar-refractivity contribution in [1.29, 1.82) is 0 Å². The summed E-state index contributed by atoms with van der Waals surface area (Å²) in [5.74, 6) is -0.0634. The maximum Gasteiger partial charge on any atom is 0.231 e. The highest BCUT2D eigenvalue weighted by atomic mass is 32.2. The minimum atomic E-state index is -3.22. The van der Waals surface area contributed by atoms with Gasteiger partial charge in [0.25, 0.3) is 0 Å². The number of hydrogen-bond donors (Lipinski definition) is 0. The molecular weight excluding hydrogens is 292 g/mol. The van der Waals surface area contributed by atoms with Gasteiger partial charge in [-0.1, -0.05) is 0 Å². The van der Waals surface area contributed by atoms with Gasteiger partial charge in [0.1, 0.15) is 6.33 Å². The van der Waals surface area contributed by atoms with Crippen LogP contribution in [0.15, 0.2) is 18.7 Å². The summed E-state index contributed by atoms with van der Waals surface area (Å²) in [5, 5.41) is 0. The summed E-state index contributed by atoms with van der Waals surface area (Å²) in [7, 11) is -3.22. The quantitative estimate of drug-likeness (QED) is 0.791. The van der Waals surface area contributed by atoms with Gasteiger partial charge in [0, 0.05) is 19.6 Å². The number of anilines is 1. The van der Waals surface area contributed by atoms with Crippen molar-refractivity contribution >= 4 is 21.6 Å². The van der Waals surface area contributed by atoms with Crippen LogP contribution in [0.4, 0.5) is 5.69 Å². The van der Waals surface area contributed by atoms with Crippen LogP contribution in [-0.4, -0.2) is 54.0 Å². The third kappa shape index (κ3) is 2.53. The van der Waals surface area contributed by atoms with Crippen molar-refractivity contribution in [1.82, 2.24) is 14.3 Å². The van der Waals surface area contributed by atoms with Crippen LogP contribution >= 0.6 is 0 Å². The highest BCUT2D eigenvalue weighted by Crippen LogP contribution is 2.35. The van der Waals surface area contributed by atoms with Crippen molar-refractivity contribution in [2.24, 2.45) is 11.8 Å². The fourth-order valence-corrected chi connectivity index (χ4v) is 4.28. The van der Waals surface area contributed by atoms with Crippen molar-refractivity contribution in [3.63, 3.8) is 0 Å². The lowest BCUT2D eigenvalue weighted by Crippen LogP contribution is -2.45. The molecule has 0 spiro atoms. The lowest BCUT2D eigenvalue weighted by molar-refractivity contribution is -0.124. The third-order valence-electron chi connectivity index (χ3n) is 4.33. The number of piperidine rings is 1. The summed E-state index contributed by atoms with van der Waals surface area (Å²) >= 11 is 0. The molecule has 1 amide bonds. The van der Waals surface area contributed by atoms with E-state index in [2.05, 4.69) is 9.97 Å². The molecule has 1 aromatic rings. The molecule has 2 fully saturated rings. The van der Waals surface area contributed by atoms with Crippen LogP contribution in [0.1, 0.15) is 13.3 Å². The molecule has 3 heterocycles. The Bertz CT molecular complexity index is 634. The zero-order valence-corrected chi connectivity index (χ0v) is 12.7. The average Bonchev–Trinajstić information content (AvgIpc) is 2.94. The largest absolute Gasteiger partial charge is 0.309 e. The van der Waals surface area contributed by atoms with Gasteiger partial charge < -0.3 is 4.90 Å². The Morgan fingerprint density at radius 2 is 2.00 bits per heavy atom. The zero-order valence-electron chi connectivity index (χ0n) is 11.8. The molecule has 3 rings (SSSR count). The molecule has 21 heavy (non-hydrogen) atoms. The number of carbonyl (C=O) groups is 1. The number of rotatable bonds is 3. The molecule has 8 heteroatoms. The van der Waals surface area contributed by atoms with E-state index in [9.17, 15) is 13.2 Å². The molecule has 0 aromatic carbocycles. The predicted octanol–water partition coefficient (Wildman–Crippen LogP) is 0.111. The van der Waals surface area contributed by atoms with Gasteiger partial charge in [-0.3, -0.25) is 4.79 Å². The highest BCUT2D eigenvalue weighted by Gasteiger charge is 2.46. The molecule has 1 aromatic heterocycles. The number of carbonyl (C=O) groups excluding carboxylic acids is 1. The number of fused-ring (bicyclic) bond motifs is 1. The summed E-state index contributed by atoms with van der Waals surface area (Å²) in [5.41, 5.74) is 0.678. The first-order valence-electron chi connectivity index (χ1n) is 7.07. The van der Waals surface area contributed by atoms with E-state index in [0.717, 1.165) is 6.42 Å². The maximum absolute atomic E-state index is 12.6. The van der Waals surface area contributed by atoms with Crippen molar-refractivity contribution in [3.05, 3.63) is 18.7 Å². The van der Waals surface area contributed by atoms with Crippen LogP contribution in [0.2, 0.25) is 0 Å². The molecule has 7 nitrogen and oxygen atoms in total. The summed E-state index contributed by atoms with van der Waals surface area (Å²) in [4.78, 5) is 22.2. The normalized spacial score (nSPS) is 26.9. The summed E-state index contributed by atoms with van der Waals surface area (Å²) in [6.07, 6.45) is 5.45. The molecule has 0 saturated carbocycles. The molecular formula is C13H18N4O3S. The monoisotopic (exact) mass is 310 g/mol. The van der Waals surface area contributed by atoms with E-state index >= 15 is 0 Å². The van der Waals surface area contributed by atoms with Crippen molar-refractivity contribution in [3.8, 4) is 0 Å². The number of sulfonamides is 1. The SMILES string of the molecule is CCS(=O)(=O)N1CC2CCN(c3cncnc3)C(=O)C2C1. The van der Waals surface area contributed by atoms with E-state index in [1.165, 1.54) is 10.6 Å². The molecule has 0 radical (unpaired) electrons. The highest BCUT2D eigenvalue weighted by molar-refractivity contribution is 7.89. The fraction of sp³-hybridized carbons (Fsp3) is 0.615. The molecule has 2 atom stereocenters. The first-order chi connectivity index (χ1) is 10.0. The van der Waals surface area contributed by atoms with Crippen LogP contribution in [0.3, 0.4) is 0 Å². The van der Waals surface area contributed by atoms with Gasteiger partial charge in [0.05, 0.1) is 29.8 Å². The predicted molar refractivity (Wildman–Crippen MR) is 77.0 cm³/mol. The number of hydrogen-bond acceptors (Lipinski definition) is 5. The second-order valence-corrected chi connectivity index (χ2v) is 7.72. The molecule has 114 valence electrons. The van der Waals surface area contributed by atoms with E-state index in [1.807, 2.05) is 0 Å². The van der Waals surface area contributed by atoms with Gasteiger partial charge >= 0.3 is 0 Å². The van der Waals surface area contributed by atoms with Crippen LogP contribution < -0.4 is 4.90 Å². The van der Waals surface area contributed by atoms with E-state index in [0.29, 0.717) is 25.3 Å². The molecule has 2 aliphatic rings. The zero-order chi connectivity index (χ0) is 15.0. The Balaban J connectivity index is 1.80. The van der Waals surface area contributed by atoms with Gasteiger partial charge in [-0.05, 0) is 19.3 Å². The first-order valence-corrected chi connectivity index (χ1v) is 8.68. The molecule has 2 saturated heterocycles. The third-order valence-corrected chi connectivity index (χ3v) is 6.15. The topological polar surface area (TPSA) is 83.5 Å². The van der Waals surface area contributed by atoms with E-state index < -0.39 is 10.0 Å². The van der Waals surface area contributed by atoms with Crippen LogP contribution in [0.5, 0.6) is 0 Å². The second kappa shape index (κ2) is 5.34. The second-order valence-electron chi connectivity index (χ2n) is 5.46. The van der Waals surface area contributed by atoms with Gasteiger partial charge in [0.2, 0.25) is 15.9 Å². The molecule has 0 N–H and O–H groups in total. The van der Waals surface area contributed by atoms with Crippen LogP contribution in [-0.2, 0) is 14.8 Å². The van der Waals surface area contributed by atoms with E-state index in [1.54, 1.807) is 24.2 Å². The average molecular weight is 310 g/mol. The Morgan fingerprint density at radius 1 is 1.29 bits per heavy atom.